The summed E-state index contributed by atoms with van der Waals surface area (Å²) in [5.41, 5.74) is 2.65. The van der Waals surface area contributed by atoms with Gasteiger partial charge in [-0.3, -0.25) is 9.59 Å². The van der Waals surface area contributed by atoms with E-state index in [1.165, 1.54) is 10.7 Å². The minimum atomic E-state index is -0.152. The molecule has 29 heavy (non-hydrogen) atoms. The third kappa shape index (κ3) is 4.24. The lowest BCUT2D eigenvalue weighted by Gasteiger charge is -2.39. The van der Waals surface area contributed by atoms with Crippen LogP contribution in [0.1, 0.15) is 17.0 Å². The van der Waals surface area contributed by atoms with Gasteiger partial charge in [0.05, 0.1) is 18.7 Å². The van der Waals surface area contributed by atoms with Gasteiger partial charge in [-0.15, -0.1) is 5.10 Å². The van der Waals surface area contributed by atoms with Crippen molar-refractivity contribution >= 4 is 17.5 Å². The number of hydrogen-bond donors (Lipinski definition) is 0. The first-order valence-electron chi connectivity index (χ1n) is 9.53. The molecule has 4 rings (SSSR count). The van der Waals surface area contributed by atoms with Crippen LogP contribution in [0.3, 0.4) is 0 Å². The average molecular weight is 412 g/mol. The van der Waals surface area contributed by atoms with Gasteiger partial charge in [0, 0.05) is 35.8 Å². The smallest absolute Gasteiger partial charge is 0.266 e. The lowest BCUT2D eigenvalue weighted by atomic mass is 9.99. The molecule has 2 aromatic heterocycles. The van der Waals surface area contributed by atoms with Crippen molar-refractivity contribution in [3.63, 3.8) is 0 Å². The summed E-state index contributed by atoms with van der Waals surface area (Å²) < 4.78 is 3.20. The first kappa shape index (κ1) is 19.4. The van der Waals surface area contributed by atoms with E-state index in [1.807, 2.05) is 36.9 Å². The molecule has 0 saturated carbocycles. The van der Waals surface area contributed by atoms with Gasteiger partial charge in [-0.2, -0.15) is 5.10 Å². The Labute approximate surface area is 173 Å². The van der Waals surface area contributed by atoms with E-state index >= 15 is 0 Å². The molecule has 0 bridgehead atoms. The van der Waals surface area contributed by atoms with Crippen LogP contribution in [-0.2, 0) is 17.8 Å². The molecular weight excluding hydrogens is 390 g/mol. The standard InChI is InChI=1S/C21H22ClN5O2/c1-14-9-15(2)27(23-14)19-7-8-20(28)26(24-19)13-17-11-25(12-17)21(29)10-16-3-5-18(22)6-4-16/h3-9,17H,10-13H2,1-2H3. The first-order chi connectivity index (χ1) is 13.9. The van der Waals surface area contributed by atoms with Crippen molar-refractivity contribution in [3.8, 4) is 5.82 Å². The Balaban J connectivity index is 1.38. The maximum absolute atomic E-state index is 12.4. The zero-order chi connectivity index (χ0) is 20.5. The predicted octanol–water partition coefficient (Wildman–Crippen LogP) is 2.40. The summed E-state index contributed by atoms with van der Waals surface area (Å²) in [5, 5.41) is 9.55. The summed E-state index contributed by atoms with van der Waals surface area (Å²) in [6, 6.07) is 12.5. The predicted molar refractivity (Wildman–Crippen MR) is 110 cm³/mol. The highest BCUT2D eigenvalue weighted by molar-refractivity contribution is 6.30. The number of benzene rings is 1. The number of halogens is 1. The van der Waals surface area contributed by atoms with Gasteiger partial charge in [-0.25, -0.2) is 9.36 Å². The Kier molecular flexibility index (Phi) is 5.24. The van der Waals surface area contributed by atoms with Crippen LogP contribution in [0.2, 0.25) is 5.02 Å². The van der Waals surface area contributed by atoms with Gasteiger partial charge in [0.2, 0.25) is 5.91 Å². The fourth-order valence-electron chi connectivity index (χ4n) is 3.56. The van der Waals surface area contributed by atoms with E-state index in [0.29, 0.717) is 36.9 Å². The molecule has 0 spiro atoms. The van der Waals surface area contributed by atoms with E-state index in [4.69, 9.17) is 11.6 Å². The number of aryl methyl sites for hydroxylation is 2. The number of amides is 1. The first-order valence-corrected chi connectivity index (χ1v) is 9.91. The minimum Gasteiger partial charge on any atom is -0.342 e. The molecule has 1 saturated heterocycles. The summed E-state index contributed by atoms with van der Waals surface area (Å²) in [6.45, 7) is 5.61. The van der Waals surface area contributed by atoms with Crippen molar-refractivity contribution in [3.05, 3.63) is 74.8 Å². The maximum Gasteiger partial charge on any atom is 0.266 e. The molecule has 0 radical (unpaired) electrons. The van der Waals surface area contributed by atoms with Crippen LogP contribution in [0.25, 0.3) is 5.82 Å². The summed E-state index contributed by atoms with van der Waals surface area (Å²) in [5.74, 6) is 0.913. The van der Waals surface area contributed by atoms with Gasteiger partial charge in [0.15, 0.2) is 5.82 Å². The van der Waals surface area contributed by atoms with E-state index in [-0.39, 0.29) is 17.4 Å². The number of carbonyl (C=O) groups excluding carboxylic acids is 1. The molecule has 1 amide bonds. The molecule has 0 aliphatic carbocycles. The van der Waals surface area contributed by atoms with Crippen molar-refractivity contribution in [2.24, 2.45) is 5.92 Å². The summed E-state index contributed by atoms with van der Waals surface area (Å²) in [7, 11) is 0. The minimum absolute atomic E-state index is 0.0836. The molecular formula is C21H22ClN5O2. The van der Waals surface area contributed by atoms with E-state index in [0.717, 1.165) is 17.0 Å². The number of likely N-dealkylation sites (tertiary alicyclic amines) is 1. The fourth-order valence-corrected chi connectivity index (χ4v) is 3.69. The number of rotatable bonds is 5. The van der Waals surface area contributed by atoms with Crippen molar-refractivity contribution in [1.82, 2.24) is 24.5 Å². The van der Waals surface area contributed by atoms with Crippen molar-refractivity contribution < 1.29 is 4.79 Å². The Hall–Kier alpha value is -2.93. The lowest BCUT2D eigenvalue weighted by Crippen LogP contribution is -2.52. The Morgan fingerprint density at radius 3 is 2.48 bits per heavy atom. The Morgan fingerprint density at radius 1 is 1.10 bits per heavy atom. The third-order valence-corrected chi connectivity index (χ3v) is 5.34. The molecule has 3 aromatic rings. The van der Waals surface area contributed by atoms with E-state index < -0.39 is 0 Å². The molecule has 1 aliphatic rings. The van der Waals surface area contributed by atoms with Crippen LogP contribution < -0.4 is 5.56 Å². The van der Waals surface area contributed by atoms with Crippen molar-refractivity contribution in [1.29, 1.82) is 0 Å². The van der Waals surface area contributed by atoms with E-state index in [2.05, 4.69) is 10.2 Å². The monoisotopic (exact) mass is 411 g/mol. The van der Waals surface area contributed by atoms with Gasteiger partial charge < -0.3 is 4.90 Å². The lowest BCUT2D eigenvalue weighted by molar-refractivity contribution is -0.137. The van der Waals surface area contributed by atoms with Gasteiger partial charge >= 0.3 is 0 Å². The van der Waals surface area contributed by atoms with Crippen molar-refractivity contribution in [2.75, 3.05) is 13.1 Å². The molecule has 1 fully saturated rings. The third-order valence-electron chi connectivity index (χ3n) is 5.09. The number of hydrogen-bond acceptors (Lipinski definition) is 4. The quantitative estimate of drug-likeness (QED) is 0.646. The normalized spacial score (nSPS) is 14.1. The summed E-state index contributed by atoms with van der Waals surface area (Å²) >= 11 is 5.88. The van der Waals surface area contributed by atoms with Gasteiger partial charge in [0.1, 0.15) is 0 Å². The highest BCUT2D eigenvalue weighted by atomic mass is 35.5. The van der Waals surface area contributed by atoms with E-state index in [9.17, 15) is 9.59 Å². The Bertz CT molecular complexity index is 1100. The number of nitrogens with zero attached hydrogens (tertiary/aromatic N) is 5. The molecule has 0 unspecified atom stereocenters. The zero-order valence-corrected chi connectivity index (χ0v) is 17.1. The second-order valence-electron chi connectivity index (χ2n) is 7.52. The number of aromatic nitrogens is 4. The van der Waals surface area contributed by atoms with Crippen molar-refractivity contribution in [2.45, 2.75) is 26.8 Å². The van der Waals surface area contributed by atoms with Crippen LogP contribution >= 0.6 is 11.6 Å². The molecule has 1 aliphatic heterocycles. The topological polar surface area (TPSA) is 73.0 Å². The molecule has 0 atom stereocenters. The molecule has 150 valence electrons. The average Bonchev–Trinajstić information content (AvgIpc) is 2.99. The van der Waals surface area contributed by atoms with Gasteiger partial charge in [-0.1, -0.05) is 23.7 Å². The maximum atomic E-state index is 12.4. The Morgan fingerprint density at radius 2 is 1.83 bits per heavy atom. The highest BCUT2D eigenvalue weighted by Crippen LogP contribution is 2.19. The largest absolute Gasteiger partial charge is 0.342 e. The summed E-state index contributed by atoms with van der Waals surface area (Å²) in [6.07, 6.45) is 0.357. The second kappa shape index (κ2) is 7.83. The molecule has 1 aromatic carbocycles. The van der Waals surface area contributed by atoms with Crippen LogP contribution in [0, 0.1) is 19.8 Å². The van der Waals surface area contributed by atoms with Gasteiger partial charge in [0.25, 0.3) is 5.56 Å². The molecule has 7 nitrogen and oxygen atoms in total. The van der Waals surface area contributed by atoms with Crippen LogP contribution in [0.15, 0.2) is 47.3 Å². The van der Waals surface area contributed by atoms with Crippen LogP contribution in [0.5, 0.6) is 0 Å². The zero-order valence-electron chi connectivity index (χ0n) is 16.4. The fraction of sp³-hybridized carbons (Fsp3) is 0.333. The number of carbonyl (C=O) groups is 1. The molecule has 0 N–H and O–H groups in total. The highest BCUT2D eigenvalue weighted by Gasteiger charge is 2.31. The van der Waals surface area contributed by atoms with Gasteiger partial charge in [-0.05, 0) is 43.7 Å². The SMILES string of the molecule is Cc1cc(C)n(-c2ccc(=O)n(CC3CN(C(=O)Cc4ccc(Cl)cc4)C3)n2)n1. The second-order valence-corrected chi connectivity index (χ2v) is 7.96. The van der Waals surface area contributed by atoms with Crippen LogP contribution in [-0.4, -0.2) is 43.5 Å². The molecule has 8 heteroatoms. The summed E-state index contributed by atoms with van der Waals surface area (Å²) in [4.78, 5) is 26.5. The van der Waals surface area contributed by atoms with Crippen LogP contribution in [0.4, 0.5) is 0 Å². The van der Waals surface area contributed by atoms with E-state index in [1.54, 1.807) is 22.9 Å². The molecule has 3 heterocycles.